The molecule has 3 aromatic carbocycles. The first-order valence-electron chi connectivity index (χ1n) is 9.22. The van der Waals surface area contributed by atoms with Crippen LogP contribution >= 0.6 is 11.3 Å². The van der Waals surface area contributed by atoms with Crippen LogP contribution in [0.2, 0.25) is 0 Å². The fraction of sp³-hybridized carbons (Fsp3) is 0.227. The molecule has 1 aliphatic heterocycles. The smallest absolute Gasteiger partial charge is 0.238 e. The van der Waals surface area contributed by atoms with Crippen LogP contribution < -0.4 is 5.32 Å². The number of ether oxygens (including phenoxy) is 1. The number of thiophene rings is 1. The summed E-state index contributed by atoms with van der Waals surface area (Å²) in [5, 5.41) is 7.89. The number of rotatable bonds is 3. The van der Waals surface area contributed by atoms with Crippen molar-refractivity contribution in [3.05, 3.63) is 54.6 Å². The maximum atomic E-state index is 12.7. The van der Waals surface area contributed by atoms with Crippen LogP contribution in [0.5, 0.6) is 0 Å². The van der Waals surface area contributed by atoms with Crippen molar-refractivity contribution in [1.82, 2.24) is 4.90 Å². The highest BCUT2D eigenvalue weighted by molar-refractivity contribution is 7.26. The van der Waals surface area contributed by atoms with Gasteiger partial charge in [-0.05, 0) is 12.1 Å². The molecular weight excluding hydrogens is 356 g/mol. The summed E-state index contributed by atoms with van der Waals surface area (Å²) in [6, 6.07) is 18.9. The Hall–Kier alpha value is -2.47. The van der Waals surface area contributed by atoms with Gasteiger partial charge in [-0.25, -0.2) is 0 Å². The van der Waals surface area contributed by atoms with E-state index in [0.717, 1.165) is 24.2 Å². The molecule has 0 spiro atoms. The molecule has 1 saturated heterocycles. The van der Waals surface area contributed by atoms with E-state index in [1.807, 2.05) is 17.4 Å². The summed E-state index contributed by atoms with van der Waals surface area (Å²) >= 11 is 1.81. The van der Waals surface area contributed by atoms with Crippen LogP contribution in [-0.2, 0) is 9.53 Å². The Balaban J connectivity index is 1.57. The molecular formula is C22H20N2O2S. The molecule has 0 atom stereocenters. The van der Waals surface area contributed by atoms with Gasteiger partial charge in [0.1, 0.15) is 0 Å². The zero-order valence-corrected chi connectivity index (χ0v) is 15.7. The van der Waals surface area contributed by atoms with E-state index in [4.69, 9.17) is 4.74 Å². The predicted octanol–water partition coefficient (Wildman–Crippen LogP) is 4.48. The number of hydrogen-bond donors (Lipinski definition) is 1. The van der Waals surface area contributed by atoms with Crippen molar-refractivity contribution in [3.63, 3.8) is 0 Å². The normalized spacial score (nSPS) is 15.6. The first-order chi connectivity index (χ1) is 13.3. The molecule has 0 aliphatic carbocycles. The average molecular weight is 376 g/mol. The van der Waals surface area contributed by atoms with E-state index in [1.54, 1.807) is 0 Å². The number of carbonyl (C=O) groups is 1. The molecule has 5 rings (SSSR count). The second-order valence-corrected chi connectivity index (χ2v) is 7.93. The van der Waals surface area contributed by atoms with Gasteiger partial charge < -0.3 is 10.1 Å². The number of fused-ring (bicyclic) bond motifs is 5. The summed E-state index contributed by atoms with van der Waals surface area (Å²) in [5.41, 5.74) is 0.889. The molecule has 1 aliphatic rings. The van der Waals surface area contributed by atoms with Crippen LogP contribution in [0.3, 0.4) is 0 Å². The van der Waals surface area contributed by atoms with Crippen molar-refractivity contribution in [2.24, 2.45) is 0 Å². The van der Waals surface area contributed by atoms with Gasteiger partial charge in [-0.1, -0.05) is 42.5 Å². The van der Waals surface area contributed by atoms with Gasteiger partial charge >= 0.3 is 0 Å². The van der Waals surface area contributed by atoms with Crippen LogP contribution in [0.1, 0.15) is 0 Å². The Labute approximate surface area is 161 Å². The van der Waals surface area contributed by atoms with E-state index in [9.17, 15) is 4.79 Å². The lowest BCUT2D eigenvalue weighted by molar-refractivity contribution is -0.118. The standard InChI is InChI=1S/C22H20N2O2S/c25-21(14-24-9-11-26-12-10-24)23-19-13-18-16-6-3-4-8-20(16)27-22(18)17-7-2-1-5-15(17)19/h1-8,13H,9-12,14H2,(H,23,25). The number of benzene rings is 3. The lowest BCUT2D eigenvalue weighted by atomic mass is 10.0. The molecule has 4 aromatic rings. The number of amides is 1. The minimum atomic E-state index is 0.0286. The van der Waals surface area contributed by atoms with Crippen molar-refractivity contribution in [1.29, 1.82) is 0 Å². The third-order valence-corrected chi connectivity index (χ3v) is 6.35. The third-order valence-electron chi connectivity index (χ3n) is 5.13. The maximum Gasteiger partial charge on any atom is 0.238 e. The van der Waals surface area contributed by atoms with Crippen LogP contribution in [0, 0.1) is 0 Å². The lowest BCUT2D eigenvalue weighted by Crippen LogP contribution is -2.41. The maximum absolute atomic E-state index is 12.7. The highest BCUT2D eigenvalue weighted by Crippen LogP contribution is 2.41. The molecule has 4 nitrogen and oxygen atoms in total. The van der Waals surface area contributed by atoms with Crippen LogP contribution in [0.15, 0.2) is 54.6 Å². The molecule has 1 N–H and O–H groups in total. The van der Waals surface area contributed by atoms with Crippen molar-refractivity contribution >= 4 is 53.9 Å². The molecule has 136 valence electrons. The van der Waals surface area contributed by atoms with Gasteiger partial charge in [0.05, 0.1) is 19.8 Å². The van der Waals surface area contributed by atoms with Gasteiger partial charge in [0, 0.05) is 49.7 Å². The molecule has 0 unspecified atom stereocenters. The molecule has 0 radical (unpaired) electrons. The summed E-state index contributed by atoms with van der Waals surface area (Å²) < 4.78 is 7.91. The summed E-state index contributed by atoms with van der Waals surface area (Å²) in [4.78, 5) is 14.8. The Morgan fingerprint density at radius 3 is 2.48 bits per heavy atom. The number of morpholine rings is 1. The first kappa shape index (κ1) is 16.7. The number of nitrogens with one attached hydrogen (secondary N) is 1. The second kappa shape index (κ2) is 6.93. The molecule has 0 bridgehead atoms. The number of hydrogen-bond acceptors (Lipinski definition) is 4. The molecule has 2 heterocycles. The van der Waals surface area contributed by atoms with E-state index >= 15 is 0 Å². The zero-order chi connectivity index (χ0) is 18.2. The Kier molecular flexibility index (Phi) is 4.28. The van der Waals surface area contributed by atoms with E-state index in [1.165, 1.54) is 25.6 Å². The molecule has 1 fully saturated rings. The highest BCUT2D eigenvalue weighted by atomic mass is 32.1. The second-order valence-electron chi connectivity index (χ2n) is 6.88. The Bertz CT molecular complexity index is 1150. The van der Waals surface area contributed by atoms with Crippen molar-refractivity contribution < 1.29 is 9.53 Å². The monoisotopic (exact) mass is 376 g/mol. The van der Waals surface area contributed by atoms with Gasteiger partial charge in [-0.2, -0.15) is 0 Å². The summed E-state index contributed by atoms with van der Waals surface area (Å²) in [7, 11) is 0. The Morgan fingerprint density at radius 2 is 1.67 bits per heavy atom. The topological polar surface area (TPSA) is 41.6 Å². The fourth-order valence-electron chi connectivity index (χ4n) is 3.80. The minimum absolute atomic E-state index is 0.0286. The van der Waals surface area contributed by atoms with E-state index < -0.39 is 0 Å². The fourth-order valence-corrected chi connectivity index (χ4v) is 5.02. The largest absolute Gasteiger partial charge is 0.379 e. The summed E-state index contributed by atoms with van der Waals surface area (Å²) in [6.45, 7) is 3.41. The van der Waals surface area contributed by atoms with E-state index in [-0.39, 0.29) is 5.91 Å². The predicted molar refractivity (Wildman–Crippen MR) is 113 cm³/mol. The van der Waals surface area contributed by atoms with Crippen LogP contribution in [-0.4, -0.2) is 43.7 Å². The number of nitrogens with zero attached hydrogens (tertiary/aromatic N) is 1. The van der Waals surface area contributed by atoms with Crippen molar-refractivity contribution in [3.8, 4) is 0 Å². The Morgan fingerprint density at radius 1 is 0.963 bits per heavy atom. The number of carbonyl (C=O) groups excluding carboxylic acids is 1. The highest BCUT2D eigenvalue weighted by Gasteiger charge is 2.16. The van der Waals surface area contributed by atoms with E-state index in [0.29, 0.717) is 19.8 Å². The first-order valence-corrected chi connectivity index (χ1v) is 10.0. The van der Waals surface area contributed by atoms with Crippen LogP contribution in [0.25, 0.3) is 30.9 Å². The zero-order valence-electron chi connectivity index (χ0n) is 14.9. The van der Waals surface area contributed by atoms with Gasteiger partial charge in [0.15, 0.2) is 0 Å². The van der Waals surface area contributed by atoms with E-state index in [2.05, 4.69) is 58.7 Å². The average Bonchev–Trinajstić information content (AvgIpc) is 3.08. The minimum Gasteiger partial charge on any atom is -0.379 e. The molecule has 1 amide bonds. The number of anilines is 1. The molecule has 1 aromatic heterocycles. The van der Waals surface area contributed by atoms with Gasteiger partial charge in [0.2, 0.25) is 5.91 Å². The SMILES string of the molecule is O=C(CN1CCOCC1)Nc1cc2c3ccccc3sc2c2ccccc12. The lowest BCUT2D eigenvalue weighted by Gasteiger charge is -2.25. The van der Waals surface area contributed by atoms with Crippen molar-refractivity contribution in [2.75, 3.05) is 38.2 Å². The van der Waals surface area contributed by atoms with Gasteiger partial charge in [-0.3, -0.25) is 9.69 Å². The quantitative estimate of drug-likeness (QED) is 0.573. The third kappa shape index (κ3) is 3.08. The van der Waals surface area contributed by atoms with Gasteiger partial charge in [0.25, 0.3) is 0 Å². The molecule has 5 heteroatoms. The summed E-state index contributed by atoms with van der Waals surface area (Å²) in [6.07, 6.45) is 0. The summed E-state index contributed by atoms with van der Waals surface area (Å²) in [5.74, 6) is 0.0286. The van der Waals surface area contributed by atoms with Crippen LogP contribution in [0.4, 0.5) is 5.69 Å². The van der Waals surface area contributed by atoms with Crippen molar-refractivity contribution in [2.45, 2.75) is 0 Å². The molecule has 0 saturated carbocycles. The van der Waals surface area contributed by atoms with Gasteiger partial charge in [-0.15, -0.1) is 11.3 Å². The molecule has 27 heavy (non-hydrogen) atoms.